The van der Waals surface area contributed by atoms with E-state index in [0.29, 0.717) is 30.5 Å². The smallest absolute Gasteiger partial charge is 0.237 e. The van der Waals surface area contributed by atoms with Crippen molar-refractivity contribution in [2.75, 3.05) is 32.7 Å². The lowest BCUT2D eigenvalue weighted by molar-refractivity contribution is -0.136. The predicted octanol–water partition coefficient (Wildman–Crippen LogP) is 1.78. The van der Waals surface area contributed by atoms with Crippen LogP contribution in [0.5, 0.6) is 0 Å². The van der Waals surface area contributed by atoms with Gasteiger partial charge in [-0.1, -0.05) is 0 Å². The maximum atomic E-state index is 13.0. The van der Waals surface area contributed by atoms with Crippen LogP contribution in [0.15, 0.2) is 0 Å². The summed E-state index contributed by atoms with van der Waals surface area (Å²) in [5, 5.41) is 6.40. The third kappa shape index (κ3) is 5.61. The first-order chi connectivity index (χ1) is 13.1. The fraction of sp³-hybridized carbons (Fsp3) is 0.905. The second-order valence-corrected chi connectivity index (χ2v) is 9.25. The molecule has 2 aliphatic heterocycles. The number of halogens is 1. The first-order valence-electron chi connectivity index (χ1n) is 11.2. The Morgan fingerprint density at radius 2 is 1.93 bits per heavy atom. The Bertz CT molecular complexity index is 547. The molecular formula is C21H37ClN4O2. The van der Waals surface area contributed by atoms with E-state index >= 15 is 0 Å². The Balaban J connectivity index is 0.00000225. The highest BCUT2D eigenvalue weighted by atomic mass is 35.5. The summed E-state index contributed by atoms with van der Waals surface area (Å²) in [6.45, 7) is 6.44. The Kier molecular flexibility index (Phi) is 7.62. The number of likely N-dealkylation sites (tertiary alicyclic amines) is 1. The third-order valence-corrected chi connectivity index (χ3v) is 6.88. The predicted molar refractivity (Wildman–Crippen MR) is 113 cm³/mol. The quantitative estimate of drug-likeness (QED) is 0.637. The van der Waals surface area contributed by atoms with Crippen LogP contribution in [-0.2, 0) is 9.59 Å². The van der Waals surface area contributed by atoms with Crippen LogP contribution in [0, 0.1) is 11.8 Å². The molecule has 2 aliphatic carbocycles. The standard InChI is InChI=1S/C21H36N4O2.ClH/c1-15(17-6-7-17)25(18-8-9-18)20(26)14-24-11-3-4-16(13-24)12-23-21(27)19-5-2-10-22-19;/h15-19,22H,2-14H2,1H3,(H,23,27);1H. The van der Waals surface area contributed by atoms with Crippen LogP contribution < -0.4 is 10.6 Å². The molecule has 2 N–H and O–H groups in total. The maximum Gasteiger partial charge on any atom is 0.237 e. The van der Waals surface area contributed by atoms with E-state index in [-0.39, 0.29) is 24.4 Å². The van der Waals surface area contributed by atoms with Crippen LogP contribution >= 0.6 is 12.4 Å². The lowest BCUT2D eigenvalue weighted by Gasteiger charge is -2.36. The van der Waals surface area contributed by atoms with Crippen molar-refractivity contribution in [2.24, 2.45) is 11.8 Å². The van der Waals surface area contributed by atoms with Gasteiger partial charge in [-0.3, -0.25) is 14.5 Å². The second-order valence-electron chi connectivity index (χ2n) is 9.25. The van der Waals surface area contributed by atoms with Gasteiger partial charge in [-0.2, -0.15) is 0 Å². The van der Waals surface area contributed by atoms with Crippen molar-refractivity contribution in [1.29, 1.82) is 0 Å². The van der Waals surface area contributed by atoms with E-state index in [1.165, 1.54) is 25.7 Å². The highest BCUT2D eigenvalue weighted by Gasteiger charge is 2.42. The molecule has 28 heavy (non-hydrogen) atoms. The average molecular weight is 413 g/mol. The van der Waals surface area contributed by atoms with E-state index in [1.54, 1.807) is 0 Å². The number of amides is 2. The minimum atomic E-state index is 0. The minimum absolute atomic E-state index is 0. The fourth-order valence-corrected chi connectivity index (χ4v) is 4.93. The molecule has 0 radical (unpaired) electrons. The molecule has 2 saturated carbocycles. The monoisotopic (exact) mass is 412 g/mol. The molecule has 7 heteroatoms. The SMILES string of the molecule is CC(C1CC1)N(C(=O)CN1CCCC(CNC(=O)C2CCCN2)C1)C1CC1.Cl. The van der Waals surface area contributed by atoms with Gasteiger partial charge in [0.15, 0.2) is 0 Å². The lowest BCUT2D eigenvalue weighted by Crippen LogP contribution is -2.50. The van der Waals surface area contributed by atoms with E-state index in [1.807, 2.05) is 0 Å². The first-order valence-corrected chi connectivity index (χ1v) is 11.2. The summed E-state index contributed by atoms with van der Waals surface area (Å²) >= 11 is 0. The molecule has 160 valence electrons. The molecule has 4 fully saturated rings. The number of rotatable bonds is 8. The van der Waals surface area contributed by atoms with Gasteiger partial charge in [-0.15, -0.1) is 12.4 Å². The summed E-state index contributed by atoms with van der Waals surface area (Å²) in [5.74, 6) is 1.69. The topological polar surface area (TPSA) is 64.7 Å². The molecule has 0 aromatic heterocycles. The number of hydrogen-bond donors (Lipinski definition) is 2. The van der Waals surface area contributed by atoms with Crippen LogP contribution in [0.1, 0.15) is 58.3 Å². The molecule has 2 amide bonds. The van der Waals surface area contributed by atoms with Crippen molar-refractivity contribution in [3.63, 3.8) is 0 Å². The van der Waals surface area contributed by atoms with Gasteiger partial charge < -0.3 is 15.5 Å². The summed E-state index contributed by atoms with van der Waals surface area (Å²) in [5.41, 5.74) is 0. The molecule has 0 aromatic carbocycles. The second kappa shape index (κ2) is 9.77. The van der Waals surface area contributed by atoms with E-state index < -0.39 is 0 Å². The summed E-state index contributed by atoms with van der Waals surface area (Å²) in [7, 11) is 0. The fourth-order valence-electron chi connectivity index (χ4n) is 4.93. The highest BCUT2D eigenvalue weighted by Crippen LogP contribution is 2.39. The first kappa shape index (κ1) is 21.8. The van der Waals surface area contributed by atoms with E-state index in [0.717, 1.165) is 57.8 Å². The highest BCUT2D eigenvalue weighted by molar-refractivity contribution is 5.85. The summed E-state index contributed by atoms with van der Waals surface area (Å²) in [4.78, 5) is 29.8. The van der Waals surface area contributed by atoms with Gasteiger partial charge in [0.25, 0.3) is 0 Å². The van der Waals surface area contributed by atoms with Gasteiger partial charge in [0.2, 0.25) is 11.8 Å². The lowest BCUT2D eigenvalue weighted by atomic mass is 9.97. The molecule has 4 rings (SSSR count). The number of nitrogens with zero attached hydrogens (tertiary/aromatic N) is 2. The number of nitrogens with one attached hydrogen (secondary N) is 2. The van der Waals surface area contributed by atoms with Crippen molar-refractivity contribution in [2.45, 2.75) is 76.4 Å². The molecule has 4 aliphatic rings. The van der Waals surface area contributed by atoms with E-state index in [4.69, 9.17) is 0 Å². The Morgan fingerprint density at radius 1 is 1.14 bits per heavy atom. The Morgan fingerprint density at radius 3 is 2.57 bits per heavy atom. The van der Waals surface area contributed by atoms with E-state index in [2.05, 4.69) is 27.4 Å². The van der Waals surface area contributed by atoms with Crippen LogP contribution in [0.4, 0.5) is 0 Å². The van der Waals surface area contributed by atoms with Crippen molar-refractivity contribution >= 4 is 24.2 Å². The van der Waals surface area contributed by atoms with Crippen molar-refractivity contribution < 1.29 is 9.59 Å². The molecule has 0 bridgehead atoms. The van der Waals surface area contributed by atoms with Gasteiger partial charge in [0.05, 0.1) is 12.6 Å². The zero-order chi connectivity index (χ0) is 18.8. The molecule has 6 nitrogen and oxygen atoms in total. The molecule has 2 saturated heterocycles. The molecule has 0 aromatic rings. The van der Waals surface area contributed by atoms with Crippen LogP contribution in [0.2, 0.25) is 0 Å². The number of carbonyl (C=O) groups is 2. The summed E-state index contributed by atoms with van der Waals surface area (Å²) in [6.07, 6.45) is 9.27. The van der Waals surface area contributed by atoms with Gasteiger partial charge in [0, 0.05) is 25.2 Å². The zero-order valence-electron chi connectivity index (χ0n) is 17.2. The normalized spacial score (nSPS) is 29.0. The number of carbonyl (C=O) groups excluding carboxylic acids is 2. The summed E-state index contributed by atoms with van der Waals surface area (Å²) in [6, 6.07) is 0.929. The minimum Gasteiger partial charge on any atom is -0.354 e. The van der Waals surface area contributed by atoms with Gasteiger partial charge in [-0.25, -0.2) is 0 Å². The van der Waals surface area contributed by atoms with Gasteiger partial charge >= 0.3 is 0 Å². The zero-order valence-corrected chi connectivity index (χ0v) is 18.0. The van der Waals surface area contributed by atoms with Gasteiger partial charge in [0.1, 0.15) is 0 Å². The molecule has 2 heterocycles. The number of piperidine rings is 1. The Hall–Kier alpha value is -0.850. The van der Waals surface area contributed by atoms with E-state index in [9.17, 15) is 9.59 Å². The molecular weight excluding hydrogens is 376 g/mol. The van der Waals surface area contributed by atoms with Crippen LogP contribution in [0.3, 0.4) is 0 Å². The molecule has 3 unspecified atom stereocenters. The average Bonchev–Trinajstić information content (AvgIpc) is 3.59. The van der Waals surface area contributed by atoms with Gasteiger partial charge in [-0.05, 0) is 83.2 Å². The number of hydrogen-bond acceptors (Lipinski definition) is 4. The summed E-state index contributed by atoms with van der Waals surface area (Å²) < 4.78 is 0. The largest absolute Gasteiger partial charge is 0.354 e. The van der Waals surface area contributed by atoms with Crippen LogP contribution in [0.25, 0.3) is 0 Å². The molecule has 0 spiro atoms. The van der Waals surface area contributed by atoms with Crippen molar-refractivity contribution in [3.8, 4) is 0 Å². The molecule has 3 atom stereocenters. The van der Waals surface area contributed by atoms with Crippen LogP contribution in [-0.4, -0.2) is 72.5 Å². The van der Waals surface area contributed by atoms with Crippen molar-refractivity contribution in [1.82, 2.24) is 20.4 Å². The van der Waals surface area contributed by atoms with Crippen molar-refractivity contribution in [3.05, 3.63) is 0 Å². The third-order valence-electron chi connectivity index (χ3n) is 6.88. The Labute approximate surface area is 175 Å². The maximum absolute atomic E-state index is 13.0.